The van der Waals surface area contributed by atoms with Crippen LogP contribution in [0.1, 0.15) is 23.2 Å². The summed E-state index contributed by atoms with van der Waals surface area (Å²) in [5, 5.41) is 9.20. The molecule has 1 fully saturated rings. The molecule has 0 bridgehead atoms. The highest BCUT2D eigenvalue weighted by molar-refractivity contribution is 5.93. The molecule has 0 unspecified atom stereocenters. The molecule has 0 aliphatic carbocycles. The Bertz CT molecular complexity index is 1040. The van der Waals surface area contributed by atoms with Crippen molar-refractivity contribution < 1.29 is 23.1 Å². The molecule has 4 rings (SSSR count). The molecular weight excluding hydrogens is 371 g/mol. The molecule has 3 aromatic rings. The number of aromatic nitrogens is 2. The van der Waals surface area contributed by atoms with E-state index in [9.17, 15) is 23.1 Å². The Hall–Kier alpha value is -3.16. The van der Waals surface area contributed by atoms with Gasteiger partial charge in [-0.3, -0.25) is 0 Å². The first-order valence-electron chi connectivity index (χ1n) is 8.78. The van der Waals surface area contributed by atoms with Crippen LogP contribution < -0.4 is 4.90 Å². The summed E-state index contributed by atoms with van der Waals surface area (Å²) in [7, 11) is 0. The summed E-state index contributed by atoms with van der Waals surface area (Å²) in [6.45, 7) is 0.211. The fourth-order valence-electron chi connectivity index (χ4n) is 3.53. The predicted octanol–water partition coefficient (Wildman–Crippen LogP) is 4.53. The average molecular weight is 387 g/mol. The van der Waals surface area contributed by atoms with Crippen LogP contribution in [0.15, 0.2) is 48.5 Å². The van der Waals surface area contributed by atoms with Gasteiger partial charge in [-0.15, -0.1) is 0 Å². The largest absolute Gasteiger partial charge is 0.478 e. The molecule has 1 aromatic heterocycles. The summed E-state index contributed by atoms with van der Waals surface area (Å²) >= 11 is 0. The zero-order chi connectivity index (χ0) is 19.9. The minimum absolute atomic E-state index is 0.00733. The zero-order valence-electron chi connectivity index (χ0n) is 14.6. The van der Waals surface area contributed by atoms with Crippen LogP contribution in [0.25, 0.3) is 22.3 Å². The smallest absolute Gasteiger partial charge is 0.408 e. The highest BCUT2D eigenvalue weighted by atomic mass is 19.4. The molecule has 5 nitrogen and oxygen atoms in total. The van der Waals surface area contributed by atoms with Gasteiger partial charge in [0.1, 0.15) is 11.7 Å². The third-order valence-electron chi connectivity index (χ3n) is 4.84. The van der Waals surface area contributed by atoms with Crippen LogP contribution in [0, 0.1) is 0 Å². The summed E-state index contributed by atoms with van der Waals surface area (Å²) in [5.41, 5.74) is 1.70. The molecule has 0 amide bonds. The maximum absolute atomic E-state index is 13.5. The maximum Gasteiger partial charge on any atom is 0.408 e. The lowest BCUT2D eigenvalue weighted by atomic mass is 10.1. The van der Waals surface area contributed by atoms with E-state index in [-0.39, 0.29) is 29.9 Å². The van der Waals surface area contributed by atoms with Crippen LogP contribution in [0.2, 0.25) is 0 Å². The van der Waals surface area contributed by atoms with Gasteiger partial charge in [-0.25, -0.2) is 14.8 Å². The molecule has 1 aliphatic rings. The van der Waals surface area contributed by atoms with Gasteiger partial charge in [0.15, 0.2) is 5.82 Å². The molecule has 8 heteroatoms. The van der Waals surface area contributed by atoms with Crippen LogP contribution in [0.5, 0.6) is 0 Å². The van der Waals surface area contributed by atoms with Gasteiger partial charge in [0.2, 0.25) is 0 Å². The van der Waals surface area contributed by atoms with Gasteiger partial charge in [-0.05, 0) is 31.0 Å². The number of carbonyl (C=O) groups is 1. The van der Waals surface area contributed by atoms with E-state index in [0.29, 0.717) is 23.2 Å². The summed E-state index contributed by atoms with van der Waals surface area (Å²) < 4.78 is 40.6. The minimum Gasteiger partial charge on any atom is -0.478 e. The van der Waals surface area contributed by atoms with Crippen molar-refractivity contribution in [3.63, 3.8) is 0 Å². The Balaban J connectivity index is 1.94. The van der Waals surface area contributed by atoms with Gasteiger partial charge in [0.05, 0.1) is 16.6 Å². The van der Waals surface area contributed by atoms with E-state index < -0.39 is 18.2 Å². The summed E-state index contributed by atoms with van der Waals surface area (Å²) in [4.78, 5) is 21.5. The molecule has 2 heterocycles. The van der Waals surface area contributed by atoms with Gasteiger partial charge in [0.25, 0.3) is 0 Å². The number of aromatic carboxylic acids is 1. The van der Waals surface area contributed by atoms with Gasteiger partial charge in [-0.1, -0.05) is 30.3 Å². The molecule has 1 saturated heterocycles. The van der Waals surface area contributed by atoms with E-state index in [1.54, 1.807) is 24.3 Å². The monoisotopic (exact) mass is 387 g/mol. The van der Waals surface area contributed by atoms with Crippen LogP contribution in [-0.2, 0) is 0 Å². The molecule has 1 N–H and O–H groups in total. The van der Waals surface area contributed by atoms with E-state index in [4.69, 9.17) is 0 Å². The van der Waals surface area contributed by atoms with Crippen LogP contribution in [0.3, 0.4) is 0 Å². The topological polar surface area (TPSA) is 66.3 Å². The summed E-state index contributed by atoms with van der Waals surface area (Å²) in [6.07, 6.45) is -4.00. The lowest BCUT2D eigenvalue weighted by molar-refractivity contribution is -0.146. The number of fused-ring (bicyclic) bond motifs is 1. The molecule has 28 heavy (non-hydrogen) atoms. The molecule has 1 aliphatic heterocycles. The third-order valence-corrected chi connectivity index (χ3v) is 4.84. The Labute approximate surface area is 158 Å². The number of hydrogen-bond donors (Lipinski definition) is 1. The lowest BCUT2D eigenvalue weighted by Gasteiger charge is -2.29. The highest BCUT2D eigenvalue weighted by Gasteiger charge is 2.47. The van der Waals surface area contributed by atoms with Gasteiger partial charge >= 0.3 is 12.1 Å². The molecule has 2 aromatic carbocycles. The number of alkyl halides is 3. The molecule has 144 valence electrons. The van der Waals surface area contributed by atoms with E-state index in [1.165, 1.54) is 23.1 Å². The molecular formula is C20H16F3N3O2. The van der Waals surface area contributed by atoms with Crippen molar-refractivity contribution in [3.8, 4) is 11.3 Å². The third kappa shape index (κ3) is 3.26. The Kier molecular flexibility index (Phi) is 4.41. The Morgan fingerprint density at radius 3 is 2.50 bits per heavy atom. The van der Waals surface area contributed by atoms with E-state index >= 15 is 0 Å². The lowest BCUT2D eigenvalue weighted by Crippen LogP contribution is -2.42. The highest BCUT2D eigenvalue weighted by Crippen LogP contribution is 2.39. The first kappa shape index (κ1) is 18.2. The first-order chi connectivity index (χ1) is 13.3. The van der Waals surface area contributed by atoms with Crippen molar-refractivity contribution in [3.05, 3.63) is 54.1 Å². The van der Waals surface area contributed by atoms with Crippen molar-refractivity contribution in [1.82, 2.24) is 9.97 Å². The van der Waals surface area contributed by atoms with E-state index in [1.807, 2.05) is 6.07 Å². The van der Waals surface area contributed by atoms with Crippen molar-refractivity contribution in [2.75, 3.05) is 11.4 Å². The average Bonchev–Trinajstić information content (AvgIpc) is 3.17. The maximum atomic E-state index is 13.5. The molecule has 0 radical (unpaired) electrons. The molecule has 0 spiro atoms. The second kappa shape index (κ2) is 6.78. The van der Waals surface area contributed by atoms with Gasteiger partial charge in [0, 0.05) is 12.1 Å². The number of carboxylic acids is 1. The van der Waals surface area contributed by atoms with Crippen molar-refractivity contribution >= 4 is 22.8 Å². The standard InChI is InChI=1S/C20H16F3N3O2/c21-20(22,23)16-7-4-10-26(16)18-17(12-5-2-1-3-6-12)24-14-9-8-13(19(27)28)11-15(14)25-18/h1-3,5-6,8-9,11,16H,4,7,10H2,(H,27,28)/t16-/m1/s1. The van der Waals surface area contributed by atoms with Crippen LogP contribution in [0.4, 0.5) is 19.0 Å². The van der Waals surface area contributed by atoms with E-state index in [0.717, 1.165) is 0 Å². The van der Waals surface area contributed by atoms with Crippen molar-refractivity contribution in [1.29, 1.82) is 0 Å². The summed E-state index contributed by atoms with van der Waals surface area (Å²) in [6, 6.07) is 11.5. The number of anilines is 1. The number of rotatable bonds is 3. The second-order valence-corrected chi connectivity index (χ2v) is 6.66. The SMILES string of the molecule is O=C(O)c1ccc2nc(-c3ccccc3)c(N3CCC[C@@H]3C(F)(F)F)nc2c1. The first-order valence-corrected chi connectivity index (χ1v) is 8.78. The van der Waals surface area contributed by atoms with Gasteiger partial charge in [-0.2, -0.15) is 13.2 Å². The fourth-order valence-corrected chi connectivity index (χ4v) is 3.53. The zero-order valence-corrected chi connectivity index (χ0v) is 14.6. The van der Waals surface area contributed by atoms with Crippen molar-refractivity contribution in [2.45, 2.75) is 25.1 Å². The molecule has 0 saturated carbocycles. The van der Waals surface area contributed by atoms with Crippen molar-refractivity contribution in [2.24, 2.45) is 0 Å². The number of carboxylic acid groups (broad SMARTS) is 1. The van der Waals surface area contributed by atoms with Gasteiger partial charge < -0.3 is 10.0 Å². The van der Waals surface area contributed by atoms with Crippen LogP contribution in [-0.4, -0.2) is 39.8 Å². The second-order valence-electron chi connectivity index (χ2n) is 6.66. The number of benzene rings is 2. The minimum atomic E-state index is -4.38. The normalized spacial score (nSPS) is 17.2. The number of halogens is 3. The number of hydrogen-bond acceptors (Lipinski definition) is 4. The molecule has 1 atom stereocenters. The quantitative estimate of drug-likeness (QED) is 0.716. The predicted molar refractivity (Wildman–Crippen MR) is 98.4 cm³/mol. The van der Waals surface area contributed by atoms with Crippen LogP contribution >= 0.6 is 0 Å². The number of nitrogens with zero attached hydrogens (tertiary/aromatic N) is 3. The summed E-state index contributed by atoms with van der Waals surface area (Å²) in [5.74, 6) is -1.01. The fraction of sp³-hybridized carbons (Fsp3) is 0.250. The Morgan fingerprint density at radius 2 is 1.82 bits per heavy atom. The Morgan fingerprint density at radius 1 is 1.07 bits per heavy atom. The van der Waals surface area contributed by atoms with E-state index in [2.05, 4.69) is 9.97 Å².